The second-order valence-electron chi connectivity index (χ2n) is 3.08. The molecule has 0 aliphatic heterocycles. The quantitative estimate of drug-likeness (QED) is 0.636. The van der Waals surface area contributed by atoms with Crippen molar-refractivity contribution in [2.45, 2.75) is 4.90 Å². The van der Waals surface area contributed by atoms with Crippen molar-refractivity contribution >= 4 is 23.6 Å². The number of rotatable bonds is 5. The summed E-state index contributed by atoms with van der Waals surface area (Å²) >= 11 is 1.22. The average molecular weight is 257 g/mol. The fraction of sp³-hybridized carbons (Fsp3) is 0.273. The van der Waals surface area contributed by atoms with E-state index in [-0.39, 0.29) is 24.1 Å². The highest BCUT2D eigenvalue weighted by Crippen LogP contribution is 2.17. The Morgan fingerprint density at radius 1 is 1.35 bits per heavy atom. The number of hydrogen-bond donors (Lipinski definition) is 1. The van der Waals surface area contributed by atoms with E-state index in [1.54, 1.807) is 12.1 Å². The van der Waals surface area contributed by atoms with Gasteiger partial charge in [-0.3, -0.25) is 9.59 Å². The molecule has 4 nitrogen and oxygen atoms in total. The molecule has 0 saturated carbocycles. The van der Waals surface area contributed by atoms with E-state index in [0.29, 0.717) is 0 Å². The average Bonchev–Trinajstić information content (AvgIpc) is 2.35. The summed E-state index contributed by atoms with van der Waals surface area (Å²) in [4.78, 5) is 22.8. The summed E-state index contributed by atoms with van der Waals surface area (Å²) in [7, 11) is 1.46. The Labute approximate surface area is 103 Å². The number of ether oxygens (including phenoxy) is 1. The van der Waals surface area contributed by atoms with Gasteiger partial charge in [-0.05, 0) is 24.3 Å². The van der Waals surface area contributed by atoms with Crippen molar-refractivity contribution < 1.29 is 18.7 Å². The molecule has 0 fully saturated rings. The molecule has 1 amide bonds. The third-order valence-corrected chi connectivity index (χ3v) is 2.80. The Balaban J connectivity index is 2.28. The first-order chi connectivity index (χ1) is 8.11. The van der Waals surface area contributed by atoms with Gasteiger partial charge in [-0.2, -0.15) is 0 Å². The highest BCUT2D eigenvalue weighted by molar-refractivity contribution is 8.00. The molecule has 6 heteroatoms. The molecule has 0 unspecified atom stereocenters. The summed E-state index contributed by atoms with van der Waals surface area (Å²) in [6, 6.07) is 5.79. The van der Waals surface area contributed by atoms with E-state index in [9.17, 15) is 14.0 Å². The molecule has 1 aromatic rings. The number of carbonyl (C=O) groups excluding carboxylic acids is 2. The lowest BCUT2D eigenvalue weighted by atomic mass is 10.4. The van der Waals surface area contributed by atoms with Crippen molar-refractivity contribution in [2.75, 3.05) is 19.4 Å². The van der Waals surface area contributed by atoms with Crippen LogP contribution in [0.5, 0.6) is 0 Å². The Morgan fingerprint density at radius 3 is 2.59 bits per heavy atom. The minimum absolute atomic E-state index is 0.0859. The highest BCUT2D eigenvalue weighted by Gasteiger charge is 2.06. The predicted octanol–water partition coefficient (Wildman–Crippen LogP) is 1.21. The standard InChI is InChI=1S/C11H12FNO3S/c1-13-10(14)6-16-11(15)7-17-9-4-2-8(12)3-5-9/h2-5H,6-7H2,1H3,(H,13,14). The first kappa shape index (κ1) is 13.5. The van der Waals surface area contributed by atoms with Crippen molar-refractivity contribution in [3.05, 3.63) is 30.1 Å². The van der Waals surface area contributed by atoms with Gasteiger partial charge < -0.3 is 10.1 Å². The van der Waals surface area contributed by atoms with E-state index in [4.69, 9.17) is 4.74 Å². The minimum Gasteiger partial charge on any atom is -0.455 e. The number of hydrogen-bond acceptors (Lipinski definition) is 4. The van der Waals surface area contributed by atoms with Gasteiger partial charge in [-0.15, -0.1) is 11.8 Å². The lowest BCUT2D eigenvalue weighted by molar-refractivity contribution is -0.145. The van der Waals surface area contributed by atoms with Gasteiger partial charge in [-0.25, -0.2) is 4.39 Å². The first-order valence-electron chi connectivity index (χ1n) is 4.86. The van der Waals surface area contributed by atoms with Crippen LogP contribution in [-0.4, -0.2) is 31.3 Å². The zero-order chi connectivity index (χ0) is 12.7. The van der Waals surface area contributed by atoms with E-state index >= 15 is 0 Å². The number of nitrogens with one attached hydrogen (secondary N) is 1. The molecule has 0 aliphatic rings. The smallest absolute Gasteiger partial charge is 0.316 e. The third kappa shape index (κ3) is 5.35. The van der Waals surface area contributed by atoms with Crippen LogP contribution in [-0.2, 0) is 14.3 Å². The van der Waals surface area contributed by atoms with Gasteiger partial charge in [0.15, 0.2) is 6.61 Å². The maximum atomic E-state index is 12.6. The Kier molecular flexibility index (Phi) is 5.48. The van der Waals surface area contributed by atoms with Gasteiger partial charge in [0.25, 0.3) is 5.91 Å². The molecule has 0 heterocycles. The van der Waals surface area contributed by atoms with Gasteiger partial charge in [0, 0.05) is 11.9 Å². The van der Waals surface area contributed by atoms with Crippen LogP contribution in [0.1, 0.15) is 0 Å². The summed E-state index contributed by atoms with van der Waals surface area (Å²) in [5.74, 6) is -1.08. The summed E-state index contributed by atoms with van der Waals surface area (Å²) in [5, 5.41) is 2.34. The first-order valence-corrected chi connectivity index (χ1v) is 5.85. The van der Waals surface area contributed by atoms with Crippen LogP contribution in [0.2, 0.25) is 0 Å². The maximum absolute atomic E-state index is 12.6. The number of benzene rings is 1. The number of halogens is 1. The van der Waals surface area contributed by atoms with E-state index in [0.717, 1.165) is 4.90 Å². The monoisotopic (exact) mass is 257 g/mol. The van der Waals surface area contributed by atoms with Crippen molar-refractivity contribution in [3.63, 3.8) is 0 Å². The molecule has 0 radical (unpaired) electrons. The van der Waals surface area contributed by atoms with E-state index < -0.39 is 5.97 Å². The number of likely N-dealkylation sites (N-methyl/N-ethyl adjacent to an activating group) is 1. The summed E-state index contributed by atoms with van der Waals surface area (Å²) in [6.45, 7) is -0.278. The van der Waals surface area contributed by atoms with Crippen LogP contribution in [0.3, 0.4) is 0 Å². The molecule has 92 valence electrons. The lowest BCUT2D eigenvalue weighted by Gasteiger charge is -2.03. The van der Waals surface area contributed by atoms with Crippen molar-refractivity contribution in [3.8, 4) is 0 Å². The molecular weight excluding hydrogens is 245 g/mol. The molecule has 17 heavy (non-hydrogen) atoms. The summed E-state index contributed by atoms with van der Waals surface area (Å²) < 4.78 is 17.3. The van der Waals surface area contributed by atoms with Crippen molar-refractivity contribution in [1.29, 1.82) is 0 Å². The fourth-order valence-corrected chi connectivity index (χ4v) is 1.63. The molecule has 0 spiro atoms. The van der Waals surface area contributed by atoms with Crippen molar-refractivity contribution in [1.82, 2.24) is 5.32 Å². The SMILES string of the molecule is CNC(=O)COC(=O)CSc1ccc(F)cc1. The predicted molar refractivity (Wildman–Crippen MR) is 62.1 cm³/mol. The minimum atomic E-state index is -0.483. The zero-order valence-electron chi connectivity index (χ0n) is 9.23. The number of thioether (sulfide) groups is 1. The molecule has 1 aromatic carbocycles. The normalized spacial score (nSPS) is 9.76. The topological polar surface area (TPSA) is 55.4 Å². The second-order valence-corrected chi connectivity index (χ2v) is 4.13. The van der Waals surface area contributed by atoms with E-state index in [2.05, 4.69) is 5.32 Å². The molecule has 1 rings (SSSR count). The van der Waals surface area contributed by atoms with Gasteiger partial charge >= 0.3 is 5.97 Å². The van der Waals surface area contributed by atoms with Gasteiger partial charge in [0.1, 0.15) is 5.82 Å². The zero-order valence-corrected chi connectivity index (χ0v) is 10.1. The molecule has 0 aliphatic carbocycles. The summed E-state index contributed by atoms with van der Waals surface area (Å²) in [6.07, 6.45) is 0. The van der Waals surface area contributed by atoms with Crippen LogP contribution in [0, 0.1) is 5.82 Å². The Hall–Kier alpha value is -1.56. The molecule has 0 bridgehead atoms. The van der Waals surface area contributed by atoms with Crippen LogP contribution in [0.25, 0.3) is 0 Å². The van der Waals surface area contributed by atoms with Crippen LogP contribution < -0.4 is 5.32 Å². The fourth-order valence-electron chi connectivity index (χ4n) is 0.933. The number of amides is 1. The van der Waals surface area contributed by atoms with Gasteiger partial charge in [0.2, 0.25) is 0 Å². The van der Waals surface area contributed by atoms with Crippen molar-refractivity contribution in [2.24, 2.45) is 0 Å². The van der Waals surface area contributed by atoms with Crippen LogP contribution >= 0.6 is 11.8 Å². The third-order valence-electron chi connectivity index (χ3n) is 1.81. The van der Waals surface area contributed by atoms with Gasteiger partial charge in [-0.1, -0.05) is 0 Å². The molecule has 0 atom stereocenters. The van der Waals surface area contributed by atoms with E-state index in [1.165, 1.54) is 30.9 Å². The van der Waals surface area contributed by atoms with Crippen LogP contribution in [0.15, 0.2) is 29.2 Å². The largest absolute Gasteiger partial charge is 0.455 e. The molecule has 0 aromatic heterocycles. The van der Waals surface area contributed by atoms with Crippen LogP contribution in [0.4, 0.5) is 4.39 Å². The second kappa shape index (κ2) is 6.90. The highest BCUT2D eigenvalue weighted by atomic mass is 32.2. The van der Waals surface area contributed by atoms with Gasteiger partial charge in [0.05, 0.1) is 5.75 Å². The number of carbonyl (C=O) groups is 2. The number of esters is 1. The molecule has 0 saturated heterocycles. The summed E-state index contributed by atoms with van der Waals surface area (Å²) in [5.41, 5.74) is 0. The maximum Gasteiger partial charge on any atom is 0.316 e. The lowest BCUT2D eigenvalue weighted by Crippen LogP contribution is -2.25. The molecule has 1 N–H and O–H groups in total. The Bertz CT molecular complexity index is 394. The van der Waals surface area contributed by atoms with E-state index in [1.807, 2.05) is 0 Å². The molecular formula is C11H12FNO3S. The Morgan fingerprint density at radius 2 is 2.00 bits per heavy atom.